The van der Waals surface area contributed by atoms with Gasteiger partial charge in [-0.2, -0.15) is 5.26 Å². The molecule has 7 nitrogen and oxygen atoms in total. The molecule has 0 amide bonds. The molecule has 7 heteroatoms. The van der Waals surface area contributed by atoms with Gasteiger partial charge in [-0.1, -0.05) is 159 Å². The summed E-state index contributed by atoms with van der Waals surface area (Å²) in [6.07, 6.45) is 6.55. The number of aromatic nitrogens is 5. The van der Waals surface area contributed by atoms with Crippen LogP contribution in [0.5, 0.6) is 0 Å². The van der Waals surface area contributed by atoms with Gasteiger partial charge in [-0.15, -0.1) is 0 Å². The van der Waals surface area contributed by atoms with Crippen LogP contribution in [-0.4, -0.2) is 24.1 Å². The van der Waals surface area contributed by atoms with E-state index in [9.17, 15) is 5.26 Å². The molecule has 0 bridgehead atoms. The molecule has 0 spiro atoms. The number of nitriles is 1. The number of benzene rings is 8. The Labute approximate surface area is 394 Å². The highest BCUT2D eigenvalue weighted by atomic mass is 15.2. The number of hydrogen-bond acceptors (Lipinski definition) is 5. The first-order valence-corrected chi connectivity index (χ1v) is 23.2. The minimum atomic E-state index is -0.296. The van der Waals surface area contributed by atoms with Crippen molar-refractivity contribution >= 4 is 55.8 Å². The van der Waals surface area contributed by atoms with Gasteiger partial charge in [-0.25, -0.2) is 15.0 Å². The van der Waals surface area contributed by atoms with E-state index >= 15 is 0 Å². The van der Waals surface area contributed by atoms with Crippen LogP contribution >= 0.6 is 0 Å². The zero-order valence-electron chi connectivity index (χ0n) is 37.6. The summed E-state index contributed by atoms with van der Waals surface area (Å²) in [5.74, 6) is 1.57. The average molecular weight is 874 g/mol. The fourth-order valence-electron chi connectivity index (χ4n) is 11.0. The Morgan fingerprint density at radius 2 is 1.07 bits per heavy atom. The highest BCUT2D eigenvalue weighted by molar-refractivity contribution is 6.23. The van der Waals surface area contributed by atoms with Gasteiger partial charge in [-0.05, 0) is 78.6 Å². The van der Waals surface area contributed by atoms with Gasteiger partial charge in [0, 0.05) is 55.2 Å². The lowest BCUT2D eigenvalue weighted by Gasteiger charge is -2.42. The molecular formula is C61H43N7. The lowest BCUT2D eigenvalue weighted by atomic mass is 9.73. The van der Waals surface area contributed by atoms with Gasteiger partial charge in [0.2, 0.25) is 0 Å². The van der Waals surface area contributed by atoms with Crippen LogP contribution in [-0.2, 0) is 11.8 Å². The molecule has 4 heterocycles. The largest absolute Gasteiger partial charge is 0.313 e. The van der Waals surface area contributed by atoms with Crippen LogP contribution in [0.4, 0.5) is 17.1 Å². The van der Waals surface area contributed by atoms with E-state index < -0.39 is 0 Å². The Morgan fingerprint density at radius 3 is 1.72 bits per heavy atom. The normalized spacial score (nSPS) is 13.6. The van der Waals surface area contributed by atoms with E-state index in [0.717, 1.165) is 74.2 Å². The zero-order chi connectivity index (χ0) is 45.5. The lowest BCUT2D eigenvalue weighted by Crippen LogP contribution is -2.30. The molecule has 0 saturated heterocycles. The van der Waals surface area contributed by atoms with E-state index in [1.807, 2.05) is 66.7 Å². The number of allylic oxidation sites excluding steroid dienone is 1. The highest BCUT2D eigenvalue weighted by Gasteiger charge is 2.38. The molecule has 0 fully saturated rings. The van der Waals surface area contributed by atoms with Gasteiger partial charge < -0.3 is 14.0 Å². The summed E-state index contributed by atoms with van der Waals surface area (Å²) in [5.41, 5.74) is 15.7. The van der Waals surface area contributed by atoms with Crippen molar-refractivity contribution in [1.29, 1.82) is 5.26 Å². The second-order valence-corrected chi connectivity index (χ2v) is 18.2. The molecule has 68 heavy (non-hydrogen) atoms. The van der Waals surface area contributed by atoms with E-state index in [1.54, 1.807) is 0 Å². The topological polar surface area (TPSA) is 75.6 Å². The van der Waals surface area contributed by atoms with E-state index in [2.05, 4.69) is 167 Å². The Hall–Kier alpha value is -8.86. The molecule has 3 aromatic heterocycles. The smallest absolute Gasteiger partial charge is 0.166 e. The summed E-state index contributed by atoms with van der Waals surface area (Å²) in [6, 6.07) is 68.2. The van der Waals surface area contributed by atoms with E-state index in [1.165, 1.54) is 33.3 Å². The van der Waals surface area contributed by atoms with Gasteiger partial charge in [-0.3, -0.25) is 0 Å². The SMILES string of the molecule is CC1(C)c2ccccc2N(c2cc(-n3c4ccccc4c4c5c6c(n(-c7ccccc7)c5ccc43)CCC=C6)c(C#N)cc2-c2nc(-c3ccccc3)nc(-c3ccccc3)n2)c2ccccc21. The summed E-state index contributed by atoms with van der Waals surface area (Å²) in [4.78, 5) is 18.0. The van der Waals surface area contributed by atoms with E-state index in [-0.39, 0.29) is 5.41 Å². The van der Waals surface area contributed by atoms with Gasteiger partial charge in [0.1, 0.15) is 6.07 Å². The third kappa shape index (κ3) is 5.94. The standard InChI is InChI=1S/C61H43N7/c1-61(2)46-28-14-18-32-50(46)68(51-33-19-15-29-47(51)61)55-37-54(41(38-62)36-45(55)60-64-58(39-20-6-3-7-21-39)63-59(65-60)40-22-8-4-9-23-40)67-49-31-17-13-27-44(49)57-53(67)35-34-52-56(57)43-26-12-16-30-48(43)66(52)42-24-10-5-11-25-42/h3-15,17-29,31-37H,16,30H2,1-2H3. The van der Waals surface area contributed by atoms with Crippen LogP contribution in [0.1, 0.15) is 48.2 Å². The number of fused-ring (bicyclic) bond motifs is 9. The summed E-state index contributed by atoms with van der Waals surface area (Å²) < 4.78 is 4.75. The van der Waals surface area contributed by atoms with Crippen molar-refractivity contribution in [3.8, 4) is 51.6 Å². The van der Waals surface area contributed by atoms with Crippen LogP contribution in [0.25, 0.3) is 84.3 Å². The number of nitrogens with zero attached hydrogens (tertiary/aromatic N) is 7. The Balaban J connectivity index is 1.15. The molecule has 0 saturated carbocycles. The Kier molecular flexibility index (Phi) is 8.93. The van der Waals surface area contributed by atoms with Crippen molar-refractivity contribution in [1.82, 2.24) is 24.1 Å². The molecule has 13 rings (SSSR count). The monoisotopic (exact) mass is 873 g/mol. The number of rotatable bonds is 6. The van der Waals surface area contributed by atoms with Crippen molar-refractivity contribution in [2.24, 2.45) is 0 Å². The maximum absolute atomic E-state index is 11.5. The predicted molar refractivity (Wildman–Crippen MR) is 276 cm³/mol. The fourth-order valence-corrected chi connectivity index (χ4v) is 11.0. The van der Waals surface area contributed by atoms with Gasteiger partial charge in [0.25, 0.3) is 0 Å². The van der Waals surface area contributed by atoms with Crippen LogP contribution in [0.2, 0.25) is 0 Å². The van der Waals surface area contributed by atoms with Crippen LogP contribution in [0.15, 0.2) is 194 Å². The number of hydrogen-bond donors (Lipinski definition) is 0. The molecule has 322 valence electrons. The van der Waals surface area contributed by atoms with Gasteiger partial charge in [0.05, 0.1) is 44.9 Å². The van der Waals surface area contributed by atoms with Crippen molar-refractivity contribution in [3.63, 3.8) is 0 Å². The van der Waals surface area contributed by atoms with Crippen LogP contribution in [0, 0.1) is 11.3 Å². The summed E-state index contributed by atoms with van der Waals surface area (Å²) in [5, 5.41) is 15.0. The molecule has 8 aromatic carbocycles. The highest BCUT2D eigenvalue weighted by Crippen LogP contribution is 2.54. The quantitative estimate of drug-likeness (QED) is 0.166. The van der Waals surface area contributed by atoms with Crippen LogP contribution < -0.4 is 4.90 Å². The molecule has 1 aliphatic heterocycles. The third-order valence-electron chi connectivity index (χ3n) is 14.0. The minimum absolute atomic E-state index is 0.296. The first-order chi connectivity index (χ1) is 33.5. The number of anilines is 3. The summed E-state index contributed by atoms with van der Waals surface area (Å²) in [6.45, 7) is 4.60. The maximum atomic E-state index is 11.5. The first-order valence-electron chi connectivity index (χ1n) is 23.2. The minimum Gasteiger partial charge on any atom is -0.313 e. The average Bonchev–Trinajstić information content (AvgIpc) is 3.92. The first kappa shape index (κ1) is 39.5. The summed E-state index contributed by atoms with van der Waals surface area (Å²) >= 11 is 0. The Morgan fingerprint density at radius 1 is 0.515 bits per heavy atom. The van der Waals surface area contributed by atoms with E-state index in [4.69, 9.17) is 15.0 Å². The zero-order valence-corrected chi connectivity index (χ0v) is 37.6. The molecule has 0 N–H and O–H groups in total. The van der Waals surface area contributed by atoms with Crippen molar-refractivity contribution in [2.45, 2.75) is 32.1 Å². The Bertz CT molecular complexity index is 3780. The molecule has 2 aliphatic rings. The maximum Gasteiger partial charge on any atom is 0.166 e. The lowest BCUT2D eigenvalue weighted by molar-refractivity contribution is 0.632. The molecule has 11 aromatic rings. The second-order valence-electron chi connectivity index (χ2n) is 18.2. The molecule has 1 aliphatic carbocycles. The van der Waals surface area contributed by atoms with Gasteiger partial charge >= 0.3 is 0 Å². The predicted octanol–water partition coefficient (Wildman–Crippen LogP) is 14.9. The molecule has 0 unspecified atom stereocenters. The molecule has 0 radical (unpaired) electrons. The van der Waals surface area contributed by atoms with Crippen LogP contribution in [0.3, 0.4) is 0 Å². The van der Waals surface area contributed by atoms with Gasteiger partial charge in [0.15, 0.2) is 17.5 Å². The van der Waals surface area contributed by atoms with Crippen molar-refractivity contribution < 1.29 is 0 Å². The fraction of sp³-hybridized carbons (Fsp3) is 0.0820. The van der Waals surface area contributed by atoms with E-state index in [0.29, 0.717) is 28.6 Å². The molecular weight excluding hydrogens is 831 g/mol. The second kappa shape index (κ2) is 15.4. The van der Waals surface area contributed by atoms with Crippen molar-refractivity contribution in [2.75, 3.05) is 4.90 Å². The molecule has 0 atom stereocenters. The third-order valence-corrected chi connectivity index (χ3v) is 14.0. The summed E-state index contributed by atoms with van der Waals surface area (Å²) in [7, 11) is 0. The number of para-hydroxylation sites is 4. The van der Waals surface area contributed by atoms with Crippen molar-refractivity contribution in [3.05, 3.63) is 222 Å².